The molecule has 0 heterocycles. The van der Waals surface area contributed by atoms with Crippen molar-refractivity contribution in [3.05, 3.63) is 41.0 Å². The number of Topliss-reactive ketones (excluding diaryl/α,β-unsaturated/α-hetero) is 1. The van der Waals surface area contributed by atoms with Gasteiger partial charge in [0.25, 0.3) is 0 Å². The van der Waals surface area contributed by atoms with Gasteiger partial charge in [0.1, 0.15) is 11.9 Å². The lowest BCUT2D eigenvalue weighted by molar-refractivity contribution is -0.187. The van der Waals surface area contributed by atoms with Crippen LogP contribution in [-0.2, 0) is 39.9 Å². The Morgan fingerprint density at radius 1 is 0.767 bits per heavy atom. The van der Waals surface area contributed by atoms with E-state index in [4.69, 9.17) is 14.2 Å². The van der Waals surface area contributed by atoms with E-state index in [1.54, 1.807) is 6.92 Å². The molecule has 12 atom stereocenters. The zero-order valence-corrected chi connectivity index (χ0v) is 37.7. The van der Waals surface area contributed by atoms with Gasteiger partial charge in [-0.3, -0.25) is 24.0 Å². The number of fused-ring (bicyclic) bond motifs is 10. The van der Waals surface area contributed by atoms with Crippen LogP contribution in [0.1, 0.15) is 181 Å². The lowest BCUT2D eigenvalue weighted by atomic mass is 9.44. The van der Waals surface area contributed by atoms with Crippen molar-refractivity contribution in [2.75, 3.05) is 0 Å². The molecule has 0 aromatic heterocycles. The summed E-state index contributed by atoms with van der Waals surface area (Å²) < 4.78 is 17.3. The molecule has 0 bridgehead atoms. The Kier molecular flexibility index (Phi) is 11.9. The predicted octanol–water partition coefficient (Wildman–Crippen LogP) is 11.0. The molecule has 8 aliphatic carbocycles. The number of ketones is 2. The Morgan fingerprint density at radius 3 is 2.23 bits per heavy atom. The van der Waals surface area contributed by atoms with Crippen LogP contribution < -0.4 is 4.74 Å². The minimum absolute atomic E-state index is 0.00469. The second kappa shape index (κ2) is 16.4. The van der Waals surface area contributed by atoms with Crippen LogP contribution in [0.25, 0.3) is 0 Å². The van der Waals surface area contributed by atoms with Gasteiger partial charge in [0.2, 0.25) is 0 Å². The molecule has 8 nitrogen and oxygen atoms in total. The van der Waals surface area contributed by atoms with Crippen molar-refractivity contribution in [2.24, 2.45) is 57.7 Å². The lowest BCUT2D eigenvalue weighted by Gasteiger charge is -2.60. The molecule has 8 aliphatic rings. The minimum atomic E-state index is -0.961. The summed E-state index contributed by atoms with van der Waals surface area (Å²) in [6.07, 6.45) is 21.7. The molecule has 0 amide bonds. The molecule has 8 heteroatoms. The van der Waals surface area contributed by atoms with Crippen molar-refractivity contribution in [3.8, 4) is 5.75 Å². The Bertz CT molecular complexity index is 1910. The Hall–Kier alpha value is -3.29. The minimum Gasteiger partial charge on any atom is -0.462 e. The van der Waals surface area contributed by atoms with Crippen LogP contribution in [0.2, 0.25) is 0 Å². The van der Waals surface area contributed by atoms with Crippen LogP contribution in [0.15, 0.2) is 29.8 Å². The fourth-order valence-corrected chi connectivity index (χ4v) is 15.8. The number of rotatable bonds is 7. The van der Waals surface area contributed by atoms with E-state index in [1.165, 1.54) is 69.1 Å². The highest BCUT2D eigenvalue weighted by Crippen LogP contribution is 2.69. The maximum absolute atomic E-state index is 12.8. The van der Waals surface area contributed by atoms with Gasteiger partial charge in [-0.2, -0.15) is 0 Å². The van der Waals surface area contributed by atoms with Crippen molar-refractivity contribution in [2.45, 2.75) is 188 Å². The number of hydrogen-bond donors (Lipinski definition) is 0. The van der Waals surface area contributed by atoms with E-state index in [1.807, 2.05) is 12.1 Å². The molecule has 6 fully saturated rings. The number of benzene rings is 1. The summed E-state index contributed by atoms with van der Waals surface area (Å²) in [5.41, 5.74) is 3.17. The zero-order valence-electron chi connectivity index (χ0n) is 37.7. The van der Waals surface area contributed by atoms with Crippen molar-refractivity contribution < 1.29 is 38.2 Å². The van der Waals surface area contributed by atoms with E-state index in [9.17, 15) is 24.0 Å². The van der Waals surface area contributed by atoms with E-state index >= 15 is 0 Å². The highest BCUT2D eigenvalue weighted by molar-refractivity contribution is 5.92. The molecule has 0 spiro atoms. The van der Waals surface area contributed by atoms with Crippen LogP contribution in [-0.4, -0.2) is 41.2 Å². The first-order chi connectivity index (χ1) is 28.5. The second-order valence-electron chi connectivity index (χ2n) is 21.6. The molecule has 0 saturated heterocycles. The van der Waals surface area contributed by atoms with Crippen LogP contribution in [0.3, 0.4) is 0 Å². The molecule has 0 aliphatic heterocycles. The van der Waals surface area contributed by atoms with Gasteiger partial charge in [-0.25, -0.2) is 0 Å². The number of esters is 3. The average molecular weight is 825 g/mol. The Labute approximate surface area is 359 Å². The summed E-state index contributed by atoms with van der Waals surface area (Å²) >= 11 is 0. The summed E-state index contributed by atoms with van der Waals surface area (Å²) in [5.74, 6) is 4.92. The van der Waals surface area contributed by atoms with Gasteiger partial charge in [-0.1, -0.05) is 65.0 Å². The quantitative estimate of drug-likeness (QED) is 0.197. The Morgan fingerprint density at radius 2 is 1.52 bits per heavy atom. The fourth-order valence-electron chi connectivity index (χ4n) is 15.8. The smallest absolute Gasteiger partial charge is 0.311 e. The number of carbonyl (C=O) groups excluding carboxylic acids is 5. The van der Waals surface area contributed by atoms with Crippen LogP contribution >= 0.6 is 0 Å². The van der Waals surface area contributed by atoms with E-state index in [-0.39, 0.29) is 51.8 Å². The topological polar surface area (TPSA) is 113 Å². The van der Waals surface area contributed by atoms with Crippen molar-refractivity contribution >= 4 is 29.5 Å². The zero-order chi connectivity index (χ0) is 42.8. The van der Waals surface area contributed by atoms with E-state index < -0.39 is 5.60 Å². The van der Waals surface area contributed by atoms with Gasteiger partial charge in [-0.05, 0) is 172 Å². The number of aryl methyl sites for hydroxylation is 1. The molecule has 0 N–H and O–H groups in total. The molecule has 6 saturated carbocycles. The monoisotopic (exact) mass is 825 g/mol. The molecule has 328 valence electrons. The third-order valence-electron chi connectivity index (χ3n) is 18.7. The standard InChI is InChI=1S/C28H38O4.C24H34O4/c1-18(29)31-26-13-12-25-24-10-8-20-17-21(32-27(30)14-7-19-5-3-4-6-19)9-11-22(20)23(24)15-16-28(25,26)2;1-14-12-18-19(22(4)9-6-17(27)13-21(14)22)7-10-23(5)20(18)8-11-24(23,15(2)25)28-16(3)26/h9,11,17,19,23-26H,3-8,10,12-16H2,1-2H3;13-14,18-20H,6-12H2,1-5H3/t23-,24-,25+,26+,28+;14-,18+,19-,20-,22+,23-,24-/m10/s1. The number of ether oxygens (including phenoxy) is 3. The highest BCUT2D eigenvalue weighted by Gasteiger charge is 2.68. The van der Waals surface area contributed by atoms with Crippen molar-refractivity contribution in [1.82, 2.24) is 0 Å². The van der Waals surface area contributed by atoms with E-state index in [0.717, 1.165) is 75.9 Å². The molecule has 1 aromatic carbocycles. The molecule has 0 unspecified atom stereocenters. The van der Waals surface area contributed by atoms with Crippen molar-refractivity contribution in [1.29, 1.82) is 0 Å². The largest absolute Gasteiger partial charge is 0.462 e. The van der Waals surface area contributed by atoms with Gasteiger partial charge in [0.15, 0.2) is 17.2 Å². The molecule has 1 aromatic rings. The number of allylic oxidation sites excluding steroid dienone is 1. The third kappa shape index (κ3) is 7.43. The number of hydrogen-bond acceptors (Lipinski definition) is 8. The summed E-state index contributed by atoms with van der Waals surface area (Å²) in [7, 11) is 0. The van der Waals surface area contributed by atoms with Crippen LogP contribution in [0.5, 0.6) is 5.75 Å². The lowest BCUT2D eigenvalue weighted by Crippen LogP contribution is -2.59. The van der Waals surface area contributed by atoms with Crippen molar-refractivity contribution in [3.63, 3.8) is 0 Å². The van der Waals surface area contributed by atoms with E-state index in [0.29, 0.717) is 60.7 Å². The van der Waals surface area contributed by atoms with Crippen LogP contribution in [0, 0.1) is 57.7 Å². The molecular formula is C52H72O8. The van der Waals surface area contributed by atoms with Gasteiger partial charge in [0, 0.05) is 37.5 Å². The summed E-state index contributed by atoms with van der Waals surface area (Å²) in [4.78, 5) is 60.8. The normalized spacial score (nSPS) is 40.2. The molecule has 0 radical (unpaired) electrons. The maximum atomic E-state index is 12.8. The summed E-state index contributed by atoms with van der Waals surface area (Å²) in [5, 5.41) is 0. The highest BCUT2D eigenvalue weighted by atomic mass is 16.6. The van der Waals surface area contributed by atoms with Gasteiger partial charge in [0.05, 0.1) is 0 Å². The van der Waals surface area contributed by atoms with Crippen LogP contribution in [0.4, 0.5) is 0 Å². The first-order valence-corrected chi connectivity index (χ1v) is 24.0. The third-order valence-corrected chi connectivity index (χ3v) is 18.7. The predicted molar refractivity (Wildman–Crippen MR) is 230 cm³/mol. The van der Waals surface area contributed by atoms with Gasteiger partial charge >= 0.3 is 17.9 Å². The second-order valence-corrected chi connectivity index (χ2v) is 21.6. The SMILES string of the molecule is CC(=O)O[C@H]1CC[C@H]2[C@@H]3CCc4cc(OC(=O)CCC5CCCC5)ccc4[C@H]3CC[C@]12C.CC(=O)O[C@]1(C(C)=O)CC[C@H]2[C@@H]3C[C@H](C)C4=CC(=O)CC[C@]4(C)[C@H]3CC[C@@]21C. The van der Waals surface area contributed by atoms with Gasteiger partial charge in [-0.15, -0.1) is 0 Å². The molecule has 9 rings (SSSR count). The number of carbonyl (C=O) groups is 5. The van der Waals surface area contributed by atoms with E-state index in [2.05, 4.69) is 39.8 Å². The molecular weight excluding hydrogens is 753 g/mol. The Balaban J connectivity index is 0.000000168. The fraction of sp³-hybridized carbons (Fsp3) is 0.750. The molecule has 60 heavy (non-hydrogen) atoms. The van der Waals surface area contributed by atoms with Gasteiger partial charge < -0.3 is 14.2 Å². The maximum Gasteiger partial charge on any atom is 0.311 e. The average Bonchev–Trinajstić information content (AvgIpc) is 3.91. The first kappa shape index (κ1) is 43.4. The summed E-state index contributed by atoms with van der Waals surface area (Å²) in [6.45, 7) is 13.8. The first-order valence-electron chi connectivity index (χ1n) is 24.0. The summed E-state index contributed by atoms with van der Waals surface area (Å²) in [6, 6.07) is 6.37.